The number of hydrogen-bond donors (Lipinski definition) is 0. The van der Waals surface area contributed by atoms with E-state index in [-0.39, 0.29) is 23.9 Å². The van der Waals surface area contributed by atoms with Crippen molar-refractivity contribution in [1.82, 2.24) is 24.8 Å². The number of benzene rings is 3. The quantitative estimate of drug-likeness (QED) is 0.289. The molecule has 8 heteroatoms. The van der Waals surface area contributed by atoms with Crippen LogP contribution in [0.25, 0.3) is 11.0 Å². The summed E-state index contributed by atoms with van der Waals surface area (Å²) >= 11 is 0. The molecule has 39 heavy (non-hydrogen) atoms. The Morgan fingerprint density at radius 1 is 1.08 bits per heavy atom. The number of carbonyl (C=O) groups is 1. The summed E-state index contributed by atoms with van der Waals surface area (Å²) in [6.45, 7) is 13.3. The van der Waals surface area contributed by atoms with Gasteiger partial charge in [0.15, 0.2) is 0 Å². The zero-order valence-corrected chi connectivity index (χ0v) is 22.7. The smallest absolute Gasteiger partial charge is 0.258 e. The third kappa shape index (κ3) is 5.35. The van der Waals surface area contributed by atoms with E-state index < -0.39 is 0 Å². The molecule has 0 aliphatic carbocycles. The van der Waals surface area contributed by atoms with Crippen LogP contribution in [0.4, 0.5) is 10.1 Å². The van der Waals surface area contributed by atoms with E-state index in [1.807, 2.05) is 60.1 Å². The number of hydrogen-bond acceptors (Lipinski definition) is 5. The lowest BCUT2D eigenvalue weighted by Crippen LogP contribution is -2.58. The summed E-state index contributed by atoms with van der Waals surface area (Å²) in [7, 11) is 0. The van der Waals surface area contributed by atoms with Gasteiger partial charge in [0, 0.05) is 49.5 Å². The Labute approximate surface area is 229 Å². The van der Waals surface area contributed by atoms with Crippen LogP contribution >= 0.6 is 0 Å². The van der Waals surface area contributed by atoms with Crippen LogP contribution in [0, 0.1) is 5.82 Å². The molecule has 1 saturated heterocycles. The number of fused-ring (bicyclic) bond motifs is 1. The second-order valence-corrected chi connectivity index (χ2v) is 10.2. The molecule has 4 aromatic rings. The number of halogens is 1. The molecule has 3 atom stereocenters. The number of anilines is 1. The first-order chi connectivity index (χ1) is 18.9. The van der Waals surface area contributed by atoms with Gasteiger partial charge in [-0.3, -0.25) is 14.6 Å². The minimum absolute atomic E-state index is 0.134. The minimum Gasteiger partial charge on any atom is -0.309 e. The highest BCUT2D eigenvalue weighted by atomic mass is 19.1. The van der Waals surface area contributed by atoms with Crippen LogP contribution < -0.4 is 4.90 Å². The van der Waals surface area contributed by atoms with Gasteiger partial charge in [0.25, 0.3) is 5.91 Å². The monoisotopic (exact) mass is 526 g/mol. The lowest BCUT2D eigenvalue weighted by atomic mass is 10.0. The number of amides is 1. The van der Waals surface area contributed by atoms with Crippen LogP contribution in [0.2, 0.25) is 0 Å². The third-order valence-electron chi connectivity index (χ3n) is 7.58. The van der Waals surface area contributed by atoms with Crippen molar-refractivity contribution in [3.8, 4) is 0 Å². The Kier molecular flexibility index (Phi) is 7.86. The maximum absolute atomic E-state index is 13.7. The zero-order chi connectivity index (χ0) is 27.5. The van der Waals surface area contributed by atoms with Gasteiger partial charge in [0.05, 0.1) is 5.52 Å². The van der Waals surface area contributed by atoms with E-state index in [1.54, 1.807) is 17.0 Å². The molecule has 1 aliphatic heterocycles. The second kappa shape index (κ2) is 11.5. The van der Waals surface area contributed by atoms with Gasteiger partial charge < -0.3 is 4.90 Å². The average Bonchev–Trinajstić information content (AvgIpc) is 3.37. The summed E-state index contributed by atoms with van der Waals surface area (Å²) < 4.78 is 15.5. The molecule has 1 fully saturated rings. The van der Waals surface area contributed by atoms with Gasteiger partial charge in [-0.2, -0.15) is 0 Å². The van der Waals surface area contributed by atoms with E-state index >= 15 is 0 Å². The van der Waals surface area contributed by atoms with Crippen molar-refractivity contribution in [1.29, 1.82) is 0 Å². The Hall–Kier alpha value is -3.88. The molecule has 5 rings (SSSR count). The van der Waals surface area contributed by atoms with E-state index in [9.17, 15) is 9.18 Å². The predicted octanol–water partition coefficient (Wildman–Crippen LogP) is 5.36. The van der Waals surface area contributed by atoms with E-state index in [0.717, 1.165) is 36.2 Å². The molecule has 3 aromatic carbocycles. The molecular formula is C31H35FN6O. The topological polar surface area (TPSA) is 57.5 Å². The van der Waals surface area contributed by atoms with Gasteiger partial charge in [-0.15, -0.1) is 11.7 Å². The number of para-hydroxylation sites is 1. The summed E-state index contributed by atoms with van der Waals surface area (Å²) in [5.41, 5.74) is 3.96. The molecular weight excluding hydrogens is 491 g/mol. The van der Waals surface area contributed by atoms with Gasteiger partial charge in [-0.25, -0.2) is 9.07 Å². The van der Waals surface area contributed by atoms with Crippen LogP contribution in [0.1, 0.15) is 42.9 Å². The second-order valence-electron chi connectivity index (χ2n) is 10.2. The van der Waals surface area contributed by atoms with Gasteiger partial charge in [0.2, 0.25) is 0 Å². The van der Waals surface area contributed by atoms with Gasteiger partial charge >= 0.3 is 0 Å². The van der Waals surface area contributed by atoms with Crippen molar-refractivity contribution in [3.63, 3.8) is 0 Å². The maximum atomic E-state index is 13.7. The Morgan fingerprint density at radius 3 is 2.59 bits per heavy atom. The molecule has 1 aromatic heterocycles. The Bertz CT molecular complexity index is 1450. The van der Waals surface area contributed by atoms with Crippen LogP contribution in [0.5, 0.6) is 0 Å². The summed E-state index contributed by atoms with van der Waals surface area (Å²) in [6.07, 6.45) is 1.70. The SMILES string of the molecule is C=CCN1CC(C)N(C(c2cccc(C(=O)N(CC)c3ccc(F)cc3)c2)n2nnc3ccccc32)CC1C. The first-order valence-corrected chi connectivity index (χ1v) is 13.5. The van der Waals surface area contributed by atoms with Gasteiger partial charge in [-0.05, 0) is 74.9 Å². The lowest BCUT2D eigenvalue weighted by molar-refractivity contribution is 0.00786. The first kappa shape index (κ1) is 26.7. The molecule has 1 amide bonds. The molecule has 1 aliphatic rings. The van der Waals surface area contributed by atoms with Crippen molar-refractivity contribution < 1.29 is 9.18 Å². The van der Waals surface area contributed by atoms with Crippen LogP contribution in [0.15, 0.2) is 85.5 Å². The zero-order valence-electron chi connectivity index (χ0n) is 22.7. The van der Waals surface area contributed by atoms with E-state index in [4.69, 9.17) is 0 Å². The molecule has 2 heterocycles. The van der Waals surface area contributed by atoms with Crippen molar-refractivity contribution in [3.05, 3.63) is 102 Å². The van der Waals surface area contributed by atoms with Crippen molar-refractivity contribution in [2.75, 3.05) is 31.1 Å². The van der Waals surface area contributed by atoms with E-state index in [0.29, 0.717) is 23.8 Å². The molecule has 0 saturated carbocycles. The third-order valence-corrected chi connectivity index (χ3v) is 7.58. The van der Waals surface area contributed by atoms with Crippen molar-refractivity contribution in [2.45, 2.75) is 39.0 Å². The molecule has 0 radical (unpaired) electrons. The molecule has 7 nitrogen and oxygen atoms in total. The van der Waals surface area contributed by atoms with Gasteiger partial charge in [-0.1, -0.05) is 35.6 Å². The van der Waals surface area contributed by atoms with Gasteiger partial charge in [0.1, 0.15) is 17.5 Å². The molecule has 0 bridgehead atoms. The van der Waals surface area contributed by atoms with Crippen molar-refractivity contribution >= 4 is 22.6 Å². The molecule has 0 spiro atoms. The summed E-state index contributed by atoms with van der Waals surface area (Å²) in [5.74, 6) is -0.464. The minimum atomic E-state index is -0.330. The fourth-order valence-electron chi connectivity index (χ4n) is 5.58. The summed E-state index contributed by atoms with van der Waals surface area (Å²) in [5, 5.41) is 9.06. The Morgan fingerprint density at radius 2 is 1.85 bits per heavy atom. The standard InChI is InChI=1S/C31H35FN6O/c1-5-18-35-20-23(4)37(21-22(35)3)30(38-29-13-8-7-12-28(29)33-34-38)24-10-9-11-25(19-24)31(39)36(6-2)27-16-14-26(32)15-17-27/h5,7-17,19,22-23,30H,1,6,18,20-21H2,2-4H3. The number of carbonyl (C=O) groups excluding carboxylic acids is 1. The number of nitrogens with zero attached hydrogens (tertiary/aromatic N) is 6. The average molecular weight is 527 g/mol. The highest BCUT2D eigenvalue weighted by Crippen LogP contribution is 2.32. The highest BCUT2D eigenvalue weighted by molar-refractivity contribution is 6.06. The fourth-order valence-corrected chi connectivity index (χ4v) is 5.58. The Balaban J connectivity index is 1.56. The summed E-state index contributed by atoms with van der Waals surface area (Å²) in [6, 6.07) is 22.3. The van der Waals surface area contributed by atoms with E-state index in [1.165, 1.54) is 12.1 Å². The van der Waals surface area contributed by atoms with Crippen molar-refractivity contribution in [2.24, 2.45) is 0 Å². The molecule has 0 N–H and O–H groups in total. The largest absolute Gasteiger partial charge is 0.309 e. The number of rotatable bonds is 8. The predicted molar refractivity (Wildman–Crippen MR) is 153 cm³/mol. The maximum Gasteiger partial charge on any atom is 0.258 e. The molecule has 202 valence electrons. The normalized spacial score (nSPS) is 19.2. The lowest BCUT2D eigenvalue weighted by Gasteiger charge is -2.47. The van der Waals surface area contributed by atoms with Crippen LogP contribution in [0.3, 0.4) is 0 Å². The first-order valence-electron chi connectivity index (χ1n) is 13.5. The molecule has 3 unspecified atom stereocenters. The van der Waals surface area contributed by atoms with Crippen LogP contribution in [-0.2, 0) is 0 Å². The number of aromatic nitrogens is 3. The fraction of sp³-hybridized carbons (Fsp3) is 0.323. The summed E-state index contributed by atoms with van der Waals surface area (Å²) in [4.78, 5) is 20.3. The number of piperazine rings is 1. The van der Waals surface area contributed by atoms with E-state index in [2.05, 4.69) is 46.6 Å². The highest BCUT2D eigenvalue weighted by Gasteiger charge is 2.36. The van der Waals surface area contributed by atoms with Crippen LogP contribution in [-0.4, -0.2) is 69.0 Å².